The van der Waals surface area contributed by atoms with E-state index in [0.29, 0.717) is 4.88 Å². The van der Waals surface area contributed by atoms with Gasteiger partial charge >= 0.3 is 5.97 Å². The number of aryl methyl sites for hydroxylation is 1. The predicted octanol–water partition coefficient (Wildman–Crippen LogP) is 3.59. The highest BCUT2D eigenvalue weighted by Crippen LogP contribution is 2.38. The zero-order valence-electron chi connectivity index (χ0n) is 10.5. The van der Waals surface area contributed by atoms with Crippen LogP contribution in [-0.2, 0) is 0 Å². The molecule has 0 aliphatic heterocycles. The Bertz CT molecular complexity index is 635. The molecule has 1 aliphatic rings. The van der Waals surface area contributed by atoms with Crippen LogP contribution in [0.1, 0.15) is 34.5 Å². The molecule has 1 saturated carbocycles. The smallest absolute Gasteiger partial charge is 0.346 e. The van der Waals surface area contributed by atoms with Gasteiger partial charge in [0, 0.05) is 5.39 Å². The van der Waals surface area contributed by atoms with Crippen LogP contribution in [0.2, 0.25) is 0 Å². The average Bonchev–Trinajstić information content (AvgIpc) is 3.13. The van der Waals surface area contributed by atoms with Gasteiger partial charge in [-0.15, -0.1) is 23.1 Å². The summed E-state index contributed by atoms with van der Waals surface area (Å²) < 4.78 is 0. The molecular formula is C13H14N2O2S2. The molecule has 2 aromatic heterocycles. The Morgan fingerprint density at radius 3 is 3.00 bits per heavy atom. The van der Waals surface area contributed by atoms with Crippen LogP contribution in [-0.4, -0.2) is 26.8 Å². The van der Waals surface area contributed by atoms with Crippen molar-refractivity contribution >= 4 is 39.3 Å². The summed E-state index contributed by atoms with van der Waals surface area (Å²) in [5.74, 6) is 1.08. The van der Waals surface area contributed by atoms with Crippen molar-refractivity contribution in [3.05, 3.63) is 16.8 Å². The maximum atomic E-state index is 11.2. The van der Waals surface area contributed by atoms with Crippen LogP contribution in [0, 0.1) is 12.8 Å². The van der Waals surface area contributed by atoms with E-state index >= 15 is 0 Å². The molecule has 0 spiro atoms. The SMILES string of the molecule is Cc1c(C(=O)O)sc2ncnc(SCCC3CC3)c12. The van der Waals surface area contributed by atoms with Gasteiger partial charge in [0.1, 0.15) is 21.1 Å². The van der Waals surface area contributed by atoms with E-state index in [9.17, 15) is 9.90 Å². The molecule has 4 nitrogen and oxygen atoms in total. The van der Waals surface area contributed by atoms with Gasteiger partial charge in [-0.25, -0.2) is 14.8 Å². The van der Waals surface area contributed by atoms with Crippen LogP contribution in [0.25, 0.3) is 10.2 Å². The molecule has 19 heavy (non-hydrogen) atoms. The molecule has 0 bridgehead atoms. The van der Waals surface area contributed by atoms with Gasteiger partial charge < -0.3 is 5.11 Å². The van der Waals surface area contributed by atoms with Crippen LogP contribution in [0.3, 0.4) is 0 Å². The lowest BCUT2D eigenvalue weighted by atomic mass is 10.2. The van der Waals surface area contributed by atoms with Crippen molar-refractivity contribution in [2.75, 3.05) is 5.75 Å². The highest BCUT2D eigenvalue weighted by molar-refractivity contribution is 7.99. The van der Waals surface area contributed by atoms with E-state index in [1.165, 1.54) is 36.9 Å². The van der Waals surface area contributed by atoms with E-state index in [2.05, 4.69) is 9.97 Å². The number of hydrogen-bond donors (Lipinski definition) is 1. The number of nitrogens with zero attached hydrogens (tertiary/aromatic N) is 2. The first-order chi connectivity index (χ1) is 9.16. The molecule has 1 N–H and O–H groups in total. The summed E-state index contributed by atoms with van der Waals surface area (Å²) in [7, 11) is 0. The minimum absolute atomic E-state index is 0.375. The lowest BCUT2D eigenvalue weighted by Crippen LogP contribution is -1.94. The van der Waals surface area contributed by atoms with E-state index in [-0.39, 0.29) is 0 Å². The zero-order chi connectivity index (χ0) is 13.4. The van der Waals surface area contributed by atoms with Crippen molar-refractivity contribution in [2.24, 2.45) is 5.92 Å². The van der Waals surface area contributed by atoms with Crippen LogP contribution < -0.4 is 0 Å². The molecule has 1 fully saturated rings. The van der Waals surface area contributed by atoms with Gasteiger partial charge in [0.05, 0.1) is 0 Å². The molecule has 100 valence electrons. The summed E-state index contributed by atoms with van der Waals surface area (Å²) in [6.45, 7) is 1.84. The summed E-state index contributed by atoms with van der Waals surface area (Å²) in [4.78, 5) is 20.8. The number of thioether (sulfide) groups is 1. The molecular weight excluding hydrogens is 280 g/mol. The molecule has 0 radical (unpaired) electrons. The van der Waals surface area contributed by atoms with E-state index in [1.54, 1.807) is 11.8 Å². The van der Waals surface area contributed by atoms with Crippen LogP contribution in [0.5, 0.6) is 0 Å². The minimum atomic E-state index is -0.880. The summed E-state index contributed by atoms with van der Waals surface area (Å²) in [5.41, 5.74) is 0.794. The Balaban J connectivity index is 1.91. The van der Waals surface area contributed by atoms with Gasteiger partial charge in [0.15, 0.2) is 0 Å². The number of fused-ring (bicyclic) bond motifs is 1. The molecule has 2 heterocycles. The minimum Gasteiger partial charge on any atom is -0.477 e. The third-order valence-electron chi connectivity index (χ3n) is 3.35. The van der Waals surface area contributed by atoms with E-state index in [1.807, 2.05) is 6.92 Å². The molecule has 0 amide bonds. The van der Waals surface area contributed by atoms with Gasteiger partial charge in [0.2, 0.25) is 0 Å². The second kappa shape index (κ2) is 5.09. The van der Waals surface area contributed by atoms with Crippen LogP contribution in [0.4, 0.5) is 0 Å². The Morgan fingerprint density at radius 1 is 1.53 bits per heavy atom. The first-order valence-corrected chi connectivity index (χ1v) is 8.07. The number of aromatic nitrogens is 2. The van der Waals surface area contributed by atoms with Crippen molar-refractivity contribution in [3.63, 3.8) is 0 Å². The largest absolute Gasteiger partial charge is 0.477 e. The van der Waals surface area contributed by atoms with E-state index in [4.69, 9.17) is 0 Å². The average molecular weight is 294 g/mol. The van der Waals surface area contributed by atoms with Gasteiger partial charge in [-0.2, -0.15) is 0 Å². The molecule has 6 heteroatoms. The monoisotopic (exact) mass is 294 g/mol. The number of thiophene rings is 1. The molecule has 0 unspecified atom stereocenters. The number of carbonyl (C=O) groups is 1. The third-order valence-corrected chi connectivity index (χ3v) is 5.56. The fourth-order valence-corrected chi connectivity index (χ4v) is 4.29. The topological polar surface area (TPSA) is 63.1 Å². The molecule has 1 aliphatic carbocycles. The number of carboxylic acid groups (broad SMARTS) is 1. The number of rotatable bonds is 5. The lowest BCUT2D eigenvalue weighted by molar-refractivity contribution is 0.0701. The first-order valence-electron chi connectivity index (χ1n) is 6.27. The number of aromatic carboxylic acids is 1. The highest BCUT2D eigenvalue weighted by atomic mass is 32.2. The van der Waals surface area contributed by atoms with Crippen molar-refractivity contribution in [3.8, 4) is 0 Å². The van der Waals surface area contributed by atoms with Gasteiger partial charge in [-0.1, -0.05) is 12.8 Å². The number of carboxylic acids is 1. The second-order valence-corrected chi connectivity index (χ2v) is 6.88. The Hall–Kier alpha value is -1.14. The van der Waals surface area contributed by atoms with Crippen molar-refractivity contribution in [2.45, 2.75) is 31.2 Å². The van der Waals surface area contributed by atoms with E-state index in [0.717, 1.165) is 32.5 Å². The summed E-state index contributed by atoms with van der Waals surface area (Å²) in [6.07, 6.45) is 5.48. The summed E-state index contributed by atoms with van der Waals surface area (Å²) in [5, 5.41) is 11.0. The fourth-order valence-electron chi connectivity index (χ4n) is 2.08. The van der Waals surface area contributed by atoms with Crippen molar-refractivity contribution in [1.82, 2.24) is 9.97 Å². The second-order valence-electron chi connectivity index (χ2n) is 4.80. The molecule has 0 aromatic carbocycles. The van der Waals surface area contributed by atoms with Gasteiger partial charge in [0.25, 0.3) is 0 Å². The lowest BCUT2D eigenvalue weighted by Gasteiger charge is -2.02. The fraction of sp³-hybridized carbons (Fsp3) is 0.462. The normalized spacial score (nSPS) is 15.0. The molecule has 0 saturated heterocycles. The maximum Gasteiger partial charge on any atom is 0.346 e. The third kappa shape index (κ3) is 2.60. The Morgan fingerprint density at radius 2 is 2.32 bits per heavy atom. The predicted molar refractivity (Wildman–Crippen MR) is 77.2 cm³/mol. The maximum absolute atomic E-state index is 11.2. The van der Waals surface area contributed by atoms with Crippen molar-refractivity contribution < 1.29 is 9.90 Å². The zero-order valence-corrected chi connectivity index (χ0v) is 12.2. The summed E-state index contributed by atoms with van der Waals surface area (Å²) in [6, 6.07) is 0. The molecule has 0 atom stereocenters. The van der Waals surface area contributed by atoms with Crippen LogP contribution in [0.15, 0.2) is 11.4 Å². The number of hydrogen-bond acceptors (Lipinski definition) is 5. The first kappa shape index (κ1) is 12.9. The summed E-state index contributed by atoms with van der Waals surface area (Å²) >= 11 is 2.95. The van der Waals surface area contributed by atoms with E-state index < -0.39 is 5.97 Å². The van der Waals surface area contributed by atoms with Crippen molar-refractivity contribution in [1.29, 1.82) is 0 Å². The Kier molecular flexibility index (Phi) is 3.45. The van der Waals surface area contributed by atoms with Gasteiger partial charge in [-0.05, 0) is 30.6 Å². The van der Waals surface area contributed by atoms with Gasteiger partial charge in [-0.3, -0.25) is 0 Å². The van der Waals surface area contributed by atoms with Crippen LogP contribution >= 0.6 is 23.1 Å². The standard InChI is InChI=1S/C13H14N2O2S2/c1-7-9-11(18-5-4-8-2-3-8)14-6-15-12(9)19-10(7)13(16)17/h6,8H,2-5H2,1H3,(H,16,17). The molecule has 3 rings (SSSR count). The Labute approximate surface area is 119 Å². The molecule has 2 aromatic rings. The quantitative estimate of drug-likeness (QED) is 0.674. The highest BCUT2D eigenvalue weighted by Gasteiger charge is 2.22.